The van der Waals surface area contributed by atoms with E-state index in [4.69, 9.17) is 0 Å². The zero-order valence-electron chi connectivity index (χ0n) is 12.1. The highest BCUT2D eigenvalue weighted by molar-refractivity contribution is 5.42. The standard InChI is InChI=1S/C16H22N2O3/c19-14-7-4-11(8-14)10-17-16-3-1-2-12-5-6-13(18(20)21)9-15(12)16/h5-6,9,11,14,16-17,19H,1-4,7-8,10H2/t11-,14+,16+/m0/s1. The van der Waals surface area contributed by atoms with E-state index in [1.165, 1.54) is 5.56 Å². The van der Waals surface area contributed by atoms with Crippen LogP contribution < -0.4 is 5.32 Å². The number of rotatable bonds is 4. The van der Waals surface area contributed by atoms with Gasteiger partial charge in [-0.3, -0.25) is 10.1 Å². The van der Waals surface area contributed by atoms with Gasteiger partial charge in [-0.2, -0.15) is 0 Å². The molecule has 3 rings (SSSR count). The summed E-state index contributed by atoms with van der Waals surface area (Å²) in [5, 5.41) is 24.1. The lowest BCUT2D eigenvalue weighted by Gasteiger charge is -2.27. The van der Waals surface area contributed by atoms with Crippen LogP contribution in [0.25, 0.3) is 0 Å². The van der Waals surface area contributed by atoms with Crippen molar-refractivity contribution in [3.05, 3.63) is 39.4 Å². The monoisotopic (exact) mass is 290 g/mol. The maximum atomic E-state index is 11.0. The molecule has 2 aliphatic carbocycles. The first-order valence-electron chi connectivity index (χ1n) is 7.82. The fourth-order valence-electron chi connectivity index (χ4n) is 3.65. The highest BCUT2D eigenvalue weighted by Gasteiger charge is 2.26. The van der Waals surface area contributed by atoms with Crippen molar-refractivity contribution in [2.45, 2.75) is 50.7 Å². The third-order valence-electron chi connectivity index (χ3n) is 4.82. The van der Waals surface area contributed by atoms with E-state index >= 15 is 0 Å². The topological polar surface area (TPSA) is 75.4 Å². The molecule has 2 aliphatic rings. The number of aliphatic hydroxyl groups excluding tert-OH is 1. The van der Waals surface area contributed by atoms with E-state index in [0.717, 1.165) is 50.6 Å². The van der Waals surface area contributed by atoms with Gasteiger partial charge in [-0.15, -0.1) is 0 Å². The predicted molar refractivity (Wildman–Crippen MR) is 80.1 cm³/mol. The second-order valence-electron chi connectivity index (χ2n) is 6.33. The lowest BCUT2D eigenvalue weighted by molar-refractivity contribution is -0.385. The number of aliphatic hydroxyl groups is 1. The van der Waals surface area contributed by atoms with Gasteiger partial charge in [0.1, 0.15) is 0 Å². The van der Waals surface area contributed by atoms with Gasteiger partial charge in [0.25, 0.3) is 5.69 Å². The van der Waals surface area contributed by atoms with Crippen molar-refractivity contribution in [1.29, 1.82) is 0 Å². The van der Waals surface area contributed by atoms with Crippen molar-refractivity contribution in [3.63, 3.8) is 0 Å². The molecule has 0 aromatic heterocycles. The highest BCUT2D eigenvalue weighted by Crippen LogP contribution is 2.33. The number of hydrogen-bond acceptors (Lipinski definition) is 4. The molecule has 1 aromatic rings. The Bertz CT molecular complexity index is 532. The average Bonchev–Trinajstić information content (AvgIpc) is 2.90. The van der Waals surface area contributed by atoms with Crippen LogP contribution in [0.15, 0.2) is 18.2 Å². The lowest BCUT2D eigenvalue weighted by Crippen LogP contribution is -2.29. The molecular formula is C16H22N2O3. The van der Waals surface area contributed by atoms with E-state index in [-0.39, 0.29) is 22.8 Å². The second-order valence-corrected chi connectivity index (χ2v) is 6.33. The Balaban J connectivity index is 1.70. The Kier molecular flexibility index (Phi) is 4.22. The van der Waals surface area contributed by atoms with Gasteiger partial charge in [-0.1, -0.05) is 6.07 Å². The maximum Gasteiger partial charge on any atom is 0.269 e. The zero-order chi connectivity index (χ0) is 14.8. The first-order chi connectivity index (χ1) is 10.1. The van der Waals surface area contributed by atoms with Gasteiger partial charge in [0, 0.05) is 18.2 Å². The minimum absolute atomic E-state index is 0.142. The number of nitro benzene ring substituents is 1. The molecule has 0 amide bonds. The molecule has 114 valence electrons. The molecule has 0 radical (unpaired) electrons. The van der Waals surface area contributed by atoms with Crippen molar-refractivity contribution in [2.75, 3.05) is 6.54 Å². The minimum atomic E-state index is -0.320. The Morgan fingerprint density at radius 1 is 1.33 bits per heavy atom. The van der Waals surface area contributed by atoms with Gasteiger partial charge in [-0.05, 0) is 62.1 Å². The van der Waals surface area contributed by atoms with Crippen LogP contribution in [-0.4, -0.2) is 22.7 Å². The van der Waals surface area contributed by atoms with Gasteiger partial charge in [0.15, 0.2) is 0 Å². The van der Waals surface area contributed by atoms with Gasteiger partial charge in [0.05, 0.1) is 11.0 Å². The van der Waals surface area contributed by atoms with E-state index in [2.05, 4.69) is 5.32 Å². The summed E-state index contributed by atoms with van der Waals surface area (Å²) in [6.45, 7) is 0.893. The number of nitrogens with zero attached hydrogens (tertiary/aromatic N) is 1. The van der Waals surface area contributed by atoms with E-state index in [1.54, 1.807) is 12.1 Å². The predicted octanol–water partition coefficient (Wildman–Crippen LogP) is 2.72. The molecule has 1 aromatic carbocycles. The SMILES string of the molecule is O=[N+]([O-])c1ccc2c(c1)[C@H](NC[C@H]1CC[C@@H](O)C1)CCC2. The average molecular weight is 290 g/mol. The van der Waals surface area contributed by atoms with Gasteiger partial charge >= 0.3 is 0 Å². The fourth-order valence-corrected chi connectivity index (χ4v) is 3.65. The molecule has 1 saturated carbocycles. The zero-order valence-corrected chi connectivity index (χ0v) is 12.1. The number of nitro groups is 1. The molecule has 21 heavy (non-hydrogen) atoms. The first-order valence-corrected chi connectivity index (χ1v) is 7.82. The molecule has 0 unspecified atom stereocenters. The maximum absolute atomic E-state index is 11.0. The van der Waals surface area contributed by atoms with Crippen LogP contribution in [0.4, 0.5) is 5.69 Å². The Labute approximate surface area is 124 Å². The van der Waals surface area contributed by atoms with E-state index in [1.807, 2.05) is 6.07 Å². The first kappa shape index (κ1) is 14.5. The molecule has 2 N–H and O–H groups in total. The van der Waals surface area contributed by atoms with Crippen LogP contribution in [0.1, 0.15) is 49.3 Å². The molecule has 1 fully saturated rings. The number of hydrogen-bond donors (Lipinski definition) is 2. The quantitative estimate of drug-likeness (QED) is 0.660. The largest absolute Gasteiger partial charge is 0.393 e. The van der Waals surface area contributed by atoms with Crippen molar-refractivity contribution in [1.82, 2.24) is 5.32 Å². The van der Waals surface area contributed by atoms with Crippen LogP contribution >= 0.6 is 0 Å². The lowest BCUT2D eigenvalue weighted by atomic mass is 9.87. The summed E-state index contributed by atoms with van der Waals surface area (Å²) in [6.07, 6.45) is 5.87. The van der Waals surface area contributed by atoms with Crippen LogP contribution in [0, 0.1) is 16.0 Å². The molecule has 0 aliphatic heterocycles. The Morgan fingerprint density at radius 2 is 2.19 bits per heavy atom. The molecule has 5 heteroatoms. The highest BCUT2D eigenvalue weighted by atomic mass is 16.6. The van der Waals surface area contributed by atoms with E-state index < -0.39 is 0 Å². The van der Waals surface area contributed by atoms with E-state index in [0.29, 0.717) is 5.92 Å². The van der Waals surface area contributed by atoms with Gasteiger partial charge < -0.3 is 10.4 Å². The number of non-ortho nitro benzene ring substituents is 1. The third kappa shape index (κ3) is 3.24. The molecule has 0 saturated heterocycles. The summed E-state index contributed by atoms with van der Waals surface area (Å²) >= 11 is 0. The van der Waals surface area contributed by atoms with Gasteiger partial charge in [-0.25, -0.2) is 0 Å². The molecule has 0 heterocycles. The number of benzene rings is 1. The fraction of sp³-hybridized carbons (Fsp3) is 0.625. The summed E-state index contributed by atoms with van der Waals surface area (Å²) in [5.74, 6) is 0.532. The van der Waals surface area contributed by atoms with Crippen LogP contribution in [0.3, 0.4) is 0 Å². The minimum Gasteiger partial charge on any atom is -0.393 e. The third-order valence-corrected chi connectivity index (χ3v) is 4.82. The van der Waals surface area contributed by atoms with E-state index in [9.17, 15) is 15.2 Å². The number of aryl methyl sites for hydroxylation is 1. The molecule has 0 spiro atoms. The Morgan fingerprint density at radius 3 is 2.90 bits per heavy atom. The number of nitrogens with one attached hydrogen (secondary N) is 1. The summed E-state index contributed by atoms with van der Waals surface area (Å²) in [6, 6.07) is 5.46. The molecule has 3 atom stereocenters. The van der Waals surface area contributed by atoms with Crippen molar-refractivity contribution in [2.24, 2.45) is 5.92 Å². The summed E-state index contributed by atoms with van der Waals surface area (Å²) in [5.41, 5.74) is 2.50. The second kappa shape index (κ2) is 6.12. The Hall–Kier alpha value is -1.46. The number of fused-ring (bicyclic) bond motifs is 1. The smallest absolute Gasteiger partial charge is 0.269 e. The van der Waals surface area contributed by atoms with Crippen LogP contribution in [-0.2, 0) is 6.42 Å². The van der Waals surface area contributed by atoms with Crippen LogP contribution in [0.5, 0.6) is 0 Å². The summed E-state index contributed by atoms with van der Waals surface area (Å²) < 4.78 is 0. The van der Waals surface area contributed by atoms with Crippen molar-refractivity contribution < 1.29 is 10.0 Å². The summed E-state index contributed by atoms with van der Waals surface area (Å²) in [4.78, 5) is 10.6. The molecule has 5 nitrogen and oxygen atoms in total. The normalized spacial score (nSPS) is 28.3. The van der Waals surface area contributed by atoms with Gasteiger partial charge in [0.2, 0.25) is 0 Å². The molecular weight excluding hydrogens is 268 g/mol. The van der Waals surface area contributed by atoms with Crippen LogP contribution in [0.2, 0.25) is 0 Å². The summed E-state index contributed by atoms with van der Waals surface area (Å²) in [7, 11) is 0. The molecule has 0 bridgehead atoms. The van der Waals surface area contributed by atoms with Crippen molar-refractivity contribution in [3.8, 4) is 0 Å². The van der Waals surface area contributed by atoms with Crippen molar-refractivity contribution >= 4 is 5.69 Å².